The quantitative estimate of drug-likeness (QED) is 0.664. The van der Waals surface area contributed by atoms with Gasteiger partial charge >= 0.3 is 0 Å². The van der Waals surface area contributed by atoms with E-state index in [0.29, 0.717) is 12.1 Å². The fourth-order valence-electron chi connectivity index (χ4n) is 2.51. The van der Waals surface area contributed by atoms with Crippen LogP contribution in [0.25, 0.3) is 0 Å². The zero-order chi connectivity index (χ0) is 15.0. The van der Waals surface area contributed by atoms with Gasteiger partial charge in [-0.05, 0) is 19.9 Å². The lowest BCUT2D eigenvalue weighted by atomic mass is 9.65. The van der Waals surface area contributed by atoms with E-state index >= 15 is 0 Å². The number of rotatable bonds is 2. The number of aliphatic imine (C=N–C) groups is 1. The predicted molar refractivity (Wildman–Crippen MR) is 81.2 cm³/mol. The van der Waals surface area contributed by atoms with Crippen LogP contribution in [0.5, 0.6) is 0 Å². The van der Waals surface area contributed by atoms with Gasteiger partial charge in [0.05, 0.1) is 0 Å². The first-order chi connectivity index (χ1) is 9.29. The van der Waals surface area contributed by atoms with Crippen LogP contribution in [0.15, 0.2) is 29.3 Å². The SMILES string of the molecule is CN=C(NCc1ccccc1F)N1CC(C)(C)C1(C)C. The van der Waals surface area contributed by atoms with Crippen LogP contribution in [-0.4, -0.2) is 30.0 Å². The molecule has 0 saturated carbocycles. The Morgan fingerprint density at radius 2 is 1.95 bits per heavy atom. The van der Waals surface area contributed by atoms with Crippen molar-refractivity contribution in [1.29, 1.82) is 0 Å². The first-order valence-electron chi connectivity index (χ1n) is 7.01. The number of benzene rings is 1. The summed E-state index contributed by atoms with van der Waals surface area (Å²) in [5.74, 6) is 0.649. The van der Waals surface area contributed by atoms with Crippen LogP contribution >= 0.6 is 0 Å². The zero-order valence-corrected chi connectivity index (χ0v) is 13.0. The van der Waals surface area contributed by atoms with E-state index in [1.165, 1.54) is 6.07 Å². The van der Waals surface area contributed by atoms with Gasteiger partial charge in [-0.3, -0.25) is 4.99 Å². The van der Waals surface area contributed by atoms with Crippen LogP contribution in [0.2, 0.25) is 0 Å². The molecule has 1 aliphatic heterocycles. The molecular weight excluding hydrogens is 253 g/mol. The van der Waals surface area contributed by atoms with Gasteiger partial charge in [0.2, 0.25) is 0 Å². The third-order valence-corrected chi connectivity index (χ3v) is 4.75. The summed E-state index contributed by atoms with van der Waals surface area (Å²) in [5, 5.41) is 3.26. The Morgan fingerprint density at radius 1 is 1.30 bits per heavy atom. The fraction of sp³-hybridized carbons (Fsp3) is 0.562. The van der Waals surface area contributed by atoms with Crippen molar-refractivity contribution < 1.29 is 4.39 Å². The van der Waals surface area contributed by atoms with Crippen LogP contribution in [0, 0.1) is 11.2 Å². The molecule has 1 fully saturated rings. The van der Waals surface area contributed by atoms with Crippen molar-refractivity contribution in [3.05, 3.63) is 35.6 Å². The van der Waals surface area contributed by atoms with Crippen molar-refractivity contribution >= 4 is 5.96 Å². The van der Waals surface area contributed by atoms with Gasteiger partial charge in [-0.2, -0.15) is 0 Å². The highest BCUT2D eigenvalue weighted by atomic mass is 19.1. The molecule has 1 N–H and O–H groups in total. The molecule has 1 heterocycles. The molecule has 0 atom stereocenters. The van der Waals surface area contributed by atoms with Gasteiger partial charge in [0.25, 0.3) is 0 Å². The van der Waals surface area contributed by atoms with Crippen molar-refractivity contribution in [3.8, 4) is 0 Å². The van der Waals surface area contributed by atoms with E-state index in [4.69, 9.17) is 0 Å². The largest absolute Gasteiger partial charge is 0.352 e. The van der Waals surface area contributed by atoms with Crippen molar-refractivity contribution in [2.75, 3.05) is 13.6 Å². The summed E-state index contributed by atoms with van der Waals surface area (Å²) in [6, 6.07) is 6.82. The topological polar surface area (TPSA) is 27.6 Å². The van der Waals surface area contributed by atoms with Gasteiger partial charge in [0.15, 0.2) is 5.96 Å². The Kier molecular flexibility index (Phi) is 3.76. The van der Waals surface area contributed by atoms with E-state index in [9.17, 15) is 4.39 Å². The molecule has 110 valence electrons. The molecule has 1 aromatic carbocycles. The molecule has 2 rings (SSSR count). The minimum Gasteiger partial charge on any atom is -0.352 e. The number of halogens is 1. The second kappa shape index (κ2) is 5.08. The van der Waals surface area contributed by atoms with E-state index in [1.807, 2.05) is 6.07 Å². The normalized spacial score (nSPS) is 20.5. The lowest BCUT2D eigenvalue weighted by Crippen LogP contribution is -2.72. The summed E-state index contributed by atoms with van der Waals surface area (Å²) in [6.07, 6.45) is 0. The van der Waals surface area contributed by atoms with E-state index < -0.39 is 0 Å². The first kappa shape index (κ1) is 14.8. The third kappa shape index (κ3) is 2.39. The molecule has 20 heavy (non-hydrogen) atoms. The number of nitrogens with one attached hydrogen (secondary N) is 1. The van der Waals surface area contributed by atoms with Crippen LogP contribution < -0.4 is 5.32 Å². The second-order valence-corrected chi connectivity index (χ2v) is 6.52. The molecule has 1 saturated heterocycles. The standard InChI is InChI=1S/C16H24FN3/c1-15(2)11-20(16(15,3)4)14(18-5)19-10-12-8-6-7-9-13(12)17/h6-9H,10-11H2,1-5H3,(H,18,19). The van der Waals surface area contributed by atoms with E-state index in [2.05, 4.69) is 42.9 Å². The lowest BCUT2D eigenvalue weighted by molar-refractivity contribution is -0.0668. The first-order valence-corrected chi connectivity index (χ1v) is 7.01. The average Bonchev–Trinajstić information content (AvgIpc) is 2.40. The van der Waals surface area contributed by atoms with Gasteiger partial charge in [-0.25, -0.2) is 4.39 Å². The fourth-order valence-corrected chi connectivity index (χ4v) is 2.51. The van der Waals surface area contributed by atoms with Crippen LogP contribution in [-0.2, 0) is 6.54 Å². The van der Waals surface area contributed by atoms with Crippen LogP contribution in [0.1, 0.15) is 33.3 Å². The Morgan fingerprint density at radius 3 is 2.45 bits per heavy atom. The minimum absolute atomic E-state index is 0.0457. The molecule has 0 bridgehead atoms. The van der Waals surface area contributed by atoms with Crippen molar-refractivity contribution in [2.24, 2.45) is 10.4 Å². The van der Waals surface area contributed by atoms with Crippen LogP contribution in [0.3, 0.4) is 0 Å². The summed E-state index contributed by atoms with van der Waals surface area (Å²) in [7, 11) is 1.77. The molecule has 0 unspecified atom stereocenters. The summed E-state index contributed by atoms with van der Waals surface area (Å²) in [6.45, 7) is 10.4. The minimum atomic E-state index is -0.182. The van der Waals surface area contributed by atoms with Crippen LogP contribution in [0.4, 0.5) is 4.39 Å². The Hall–Kier alpha value is -1.58. The maximum atomic E-state index is 13.6. The molecule has 3 nitrogen and oxygen atoms in total. The summed E-state index contributed by atoms with van der Waals surface area (Å²) >= 11 is 0. The predicted octanol–water partition coefficient (Wildman–Crippen LogP) is 3.02. The maximum Gasteiger partial charge on any atom is 0.194 e. The molecule has 0 aromatic heterocycles. The third-order valence-electron chi connectivity index (χ3n) is 4.75. The zero-order valence-electron chi connectivity index (χ0n) is 13.0. The highest BCUT2D eigenvalue weighted by Gasteiger charge is 2.53. The average molecular weight is 277 g/mol. The van der Waals surface area contributed by atoms with E-state index in [1.54, 1.807) is 19.2 Å². The molecule has 0 amide bonds. The number of hydrogen-bond donors (Lipinski definition) is 1. The monoisotopic (exact) mass is 277 g/mol. The summed E-state index contributed by atoms with van der Waals surface area (Å²) < 4.78 is 13.6. The Labute approximate surface area is 120 Å². The molecule has 0 radical (unpaired) electrons. The Balaban J connectivity index is 2.04. The number of guanidine groups is 1. The number of likely N-dealkylation sites (tertiary alicyclic amines) is 1. The van der Waals surface area contributed by atoms with Crippen molar-refractivity contribution in [3.63, 3.8) is 0 Å². The van der Waals surface area contributed by atoms with Crippen molar-refractivity contribution in [1.82, 2.24) is 10.2 Å². The highest BCUT2D eigenvalue weighted by molar-refractivity contribution is 5.82. The number of hydrogen-bond acceptors (Lipinski definition) is 1. The van der Waals surface area contributed by atoms with Gasteiger partial charge in [0.1, 0.15) is 5.82 Å². The second-order valence-electron chi connectivity index (χ2n) is 6.52. The van der Waals surface area contributed by atoms with Gasteiger partial charge in [0, 0.05) is 36.7 Å². The molecule has 1 aliphatic rings. The Bertz CT molecular complexity index is 520. The van der Waals surface area contributed by atoms with E-state index in [-0.39, 0.29) is 16.8 Å². The van der Waals surface area contributed by atoms with E-state index in [0.717, 1.165) is 12.5 Å². The molecule has 0 aliphatic carbocycles. The van der Waals surface area contributed by atoms with Gasteiger partial charge < -0.3 is 10.2 Å². The lowest BCUT2D eigenvalue weighted by Gasteiger charge is -2.62. The van der Waals surface area contributed by atoms with Gasteiger partial charge in [-0.15, -0.1) is 0 Å². The maximum absolute atomic E-state index is 13.6. The smallest absolute Gasteiger partial charge is 0.194 e. The number of nitrogens with zero attached hydrogens (tertiary/aromatic N) is 2. The molecule has 4 heteroatoms. The van der Waals surface area contributed by atoms with Gasteiger partial charge in [-0.1, -0.05) is 32.0 Å². The summed E-state index contributed by atoms with van der Waals surface area (Å²) in [4.78, 5) is 6.57. The summed E-state index contributed by atoms with van der Waals surface area (Å²) in [5.41, 5.74) is 0.957. The molecule has 0 spiro atoms. The molecular formula is C16H24FN3. The molecule has 1 aromatic rings. The van der Waals surface area contributed by atoms with Crippen molar-refractivity contribution in [2.45, 2.75) is 39.8 Å². The highest BCUT2D eigenvalue weighted by Crippen LogP contribution is 2.46.